The third-order valence-corrected chi connectivity index (χ3v) is 7.01. The molecule has 2 aromatic rings. The minimum Gasteiger partial charge on any atom is -0.364 e. The molecule has 7 nitrogen and oxygen atoms in total. The van der Waals surface area contributed by atoms with E-state index in [4.69, 9.17) is 22.1 Å². The summed E-state index contributed by atoms with van der Waals surface area (Å²) >= 11 is 6.39. The Morgan fingerprint density at radius 3 is 2.80 bits per heavy atom. The third kappa shape index (κ3) is 5.08. The fraction of sp³-hybridized carbons (Fsp3) is 0.407. The molecule has 1 aromatic heterocycles. The van der Waals surface area contributed by atoms with Gasteiger partial charge in [-0.3, -0.25) is 9.78 Å². The number of carbonyl (C=O) groups excluding carboxylic acids is 1. The Bertz CT molecular complexity index is 1120. The van der Waals surface area contributed by atoms with Gasteiger partial charge in [-0.15, -0.1) is 0 Å². The molecule has 0 spiro atoms. The van der Waals surface area contributed by atoms with Gasteiger partial charge in [0.1, 0.15) is 0 Å². The molecule has 0 aliphatic carbocycles. The van der Waals surface area contributed by atoms with E-state index in [1.54, 1.807) is 6.20 Å². The normalized spacial score (nSPS) is 22.4. The van der Waals surface area contributed by atoms with E-state index in [1.165, 1.54) is 0 Å². The second-order valence-electron chi connectivity index (χ2n) is 8.93. The number of halogens is 1. The smallest absolute Gasteiger partial charge is 0.255 e. The summed E-state index contributed by atoms with van der Waals surface area (Å²) in [7, 11) is 0. The molecule has 8 heteroatoms. The largest absolute Gasteiger partial charge is 0.364 e. The number of amides is 1. The summed E-state index contributed by atoms with van der Waals surface area (Å²) in [5.74, 6) is -0.0228. The Hall–Kier alpha value is -2.87. The number of nitrogens with two attached hydrogens (primary N) is 1. The van der Waals surface area contributed by atoms with E-state index in [-0.39, 0.29) is 11.9 Å². The van der Waals surface area contributed by atoms with Crippen LogP contribution in [0.1, 0.15) is 41.8 Å². The Morgan fingerprint density at radius 1 is 1.31 bits per heavy atom. The van der Waals surface area contributed by atoms with Crippen molar-refractivity contribution in [2.24, 2.45) is 5.73 Å². The number of piperazine rings is 1. The van der Waals surface area contributed by atoms with E-state index in [1.807, 2.05) is 61.4 Å². The number of carbonyl (C=O) groups is 1. The molecule has 2 aliphatic heterocycles. The minimum absolute atomic E-state index is 0.0228. The molecular weight excluding hydrogens is 462 g/mol. The molecule has 2 atom stereocenters. The maximum Gasteiger partial charge on any atom is 0.255 e. The van der Waals surface area contributed by atoms with Gasteiger partial charge in [0.2, 0.25) is 0 Å². The second kappa shape index (κ2) is 10.8. The van der Waals surface area contributed by atoms with E-state index in [0.29, 0.717) is 43.4 Å². The van der Waals surface area contributed by atoms with Gasteiger partial charge in [0.15, 0.2) is 5.72 Å². The third-order valence-electron chi connectivity index (χ3n) is 6.69. The van der Waals surface area contributed by atoms with Crippen LogP contribution in [-0.4, -0.2) is 59.5 Å². The van der Waals surface area contributed by atoms with Gasteiger partial charge in [0.05, 0.1) is 22.0 Å². The van der Waals surface area contributed by atoms with Crippen molar-refractivity contribution in [2.75, 3.05) is 32.8 Å². The average Bonchev–Trinajstić information content (AvgIpc) is 2.88. The van der Waals surface area contributed by atoms with Crippen LogP contribution in [0.5, 0.6) is 0 Å². The van der Waals surface area contributed by atoms with Crippen LogP contribution in [0, 0.1) is 6.92 Å². The van der Waals surface area contributed by atoms with Crippen LogP contribution in [0.15, 0.2) is 66.3 Å². The van der Waals surface area contributed by atoms with Crippen LogP contribution in [0.2, 0.25) is 5.02 Å². The molecule has 3 heterocycles. The molecule has 1 saturated heterocycles. The van der Waals surface area contributed by atoms with Crippen LogP contribution in [0.3, 0.4) is 0 Å². The van der Waals surface area contributed by atoms with Crippen molar-refractivity contribution in [3.05, 3.63) is 88.0 Å². The number of hydrogen-bond donors (Lipinski definition) is 2. The maximum atomic E-state index is 13.3. The molecule has 0 bridgehead atoms. The molecular formula is C27H34ClN5O2. The zero-order valence-electron chi connectivity index (χ0n) is 20.6. The molecule has 1 amide bonds. The minimum atomic E-state index is -0.817. The average molecular weight is 496 g/mol. The molecule has 1 fully saturated rings. The highest BCUT2D eigenvalue weighted by Crippen LogP contribution is 2.33. The fourth-order valence-electron chi connectivity index (χ4n) is 4.87. The van der Waals surface area contributed by atoms with Gasteiger partial charge in [0.25, 0.3) is 5.91 Å². The molecule has 0 saturated carbocycles. The Morgan fingerprint density at radius 2 is 2.14 bits per heavy atom. The van der Waals surface area contributed by atoms with E-state index in [2.05, 4.69) is 28.2 Å². The van der Waals surface area contributed by atoms with Crippen molar-refractivity contribution < 1.29 is 9.53 Å². The first kappa shape index (κ1) is 25.2. The number of benzene rings is 1. The van der Waals surface area contributed by atoms with Crippen LogP contribution < -0.4 is 11.1 Å². The lowest BCUT2D eigenvalue weighted by molar-refractivity contribution is -0.0278. The van der Waals surface area contributed by atoms with E-state index in [9.17, 15) is 4.79 Å². The summed E-state index contributed by atoms with van der Waals surface area (Å²) in [4.78, 5) is 21.8. The molecule has 1 unspecified atom stereocenters. The van der Waals surface area contributed by atoms with Gasteiger partial charge < -0.3 is 25.6 Å². The first-order chi connectivity index (χ1) is 16.9. The Labute approximate surface area is 212 Å². The van der Waals surface area contributed by atoms with Crippen LogP contribution in [0.25, 0.3) is 0 Å². The van der Waals surface area contributed by atoms with E-state index in [0.717, 1.165) is 28.9 Å². The monoisotopic (exact) mass is 495 g/mol. The molecule has 4 rings (SSSR count). The molecule has 35 heavy (non-hydrogen) atoms. The standard InChI is InChI=1S/C27H34ClN5O2/c1-4-21-18-32(26(34)22-9-8-19(3)15-23(22)28)13-14-33(21)25-10-11-27(35-5-2,31-24(25)16-29)20-7-6-12-30-17-20/h6-12,15,17,21,31H,4-5,13-14,16,18,29H2,1-3H3/t21-,27?/m1/s1. The Kier molecular flexibility index (Phi) is 7.79. The van der Waals surface area contributed by atoms with Crippen molar-refractivity contribution in [3.8, 4) is 0 Å². The second-order valence-corrected chi connectivity index (χ2v) is 9.33. The molecule has 2 aliphatic rings. The lowest BCUT2D eigenvalue weighted by Gasteiger charge is -2.46. The molecule has 0 radical (unpaired) electrons. The van der Waals surface area contributed by atoms with Gasteiger partial charge in [-0.05, 0) is 56.2 Å². The number of aryl methyl sites for hydroxylation is 1. The van der Waals surface area contributed by atoms with Gasteiger partial charge >= 0.3 is 0 Å². The maximum absolute atomic E-state index is 13.3. The fourth-order valence-corrected chi connectivity index (χ4v) is 5.18. The number of hydrogen-bond acceptors (Lipinski definition) is 6. The van der Waals surface area contributed by atoms with Crippen LogP contribution >= 0.6 is 11.6 Å². The van der Waals surface area contributed by atoms with Crippen molar-refractivity contribution in [1.29, 1.82) is 0 Å². The van der Waals surface area contributed by atoms with Gasteiger partial charge in [-0.2, -0.15) is 0 Å². The highest BCUT2D eigenvalue weighted by molar-refractivity contribution is 6.33. The summed E-state index contributed by atoms with van der Waals surface area (Å²) in [5.41, 5.74) is 9.87. The van der Waals surface area contributed by atoms with Crippen molar-refractivity contribution >= 4 is 17.5 Å². The molecule has 3 N–H and O–H groups in total. The summed E-state index contributed by atoms with van der Waals surface area (Å²) in [6, 6.07) is 9.63. The highest BCUT2D eigenvalue weighted by Gasteiger charge is 2.37. The number of nitrogens with zero attached hydrogens (tertiary/aromatic N) is 3. The highest BCUT2D eigenvalue weighted by atomic mass is 35.5. The number of dihydropyridines is 1. The van der Waals surface area contributed by atoms with Crippen molar-refractivity contribution in [1.82, 2.24) is 20.1 Å². The lowest BCUT2D eigenvalue weighted by Crippen LogP contribution is -2.56. The topological polar surface area (TPSA) is 83.7 Å². The van der Waals surface area contributed by atoms with Crippen molar-refractivity contribution in [2.45, 2.75) is 39.0 Å². The van der Waals surface area contributed by atoms with Crippen LogP contribution in [0.4, 0.5) is 0 Å². The quantitative estimate of drug-likeness (QED) is 0.608. The molecule has 186 valence electrons. The number of nitrogens with one attached hydrogen (secondary N) is 1. The number of pyridine rings is 1. The molecule has 1 aromatic carbocycles. The summed E-state index contributed by atoms with van der Waals surface area (Å²) < 4.78 is 6.18. The van der Waals surface area contributed by atoms with E-state index >= 15 is 0 Å². The van der Waals surface area contributed by atoms with E-state index < -0.39 is 5.72 Å². The predicted octanol–water partition coefficient (Wildman–Crippen LogP) is 3.80. The zero-order chi connectivity index (χ0) is 25.0. The predicted molar refractivity (Wildman–Crippen MR) is 139 cm³/mol. The summed E-state index contributed by atoms with van der Waals surface area (Å²) in [5, 5.41) is 4.07. The summed E-state index contributed by atoms with van der Waals surface area (Å²) in [6.07, 6.45) is 8.58. The van der Waals surface area contributed by atoms with Gasteiger partial charge in [-0.25, -0.2) is 0 Å². The van der Waals surface area contributed by atoms with Gasteiger partial charge in [-0.1, -0.05) is 30.7 Å². The lowest BCUT2D eigenvalue weighted by atomic mass is 9.97. The Balaban J connectivity index is 1.57. The zero-order valence-corrected chi connectivity index (χ0v) is 21.4. The number of aromatic nitrogens is 1. The first-order valence-electron chi connectivity index (χ1n) is 12.2. The summed E-state index contributed by atoms with van der Waals surface area (Å²) in [6.45, 7) is 8.87. The van der Waals surface area contributed by atoms with Gasteiger partial charge in [0, 0.05) is 56.8 Å². The number of rotatable bonds is 7. The van der Waals surface area contributed by atoms with Crippen molar-refractivity contribution in [3.63, 3.8) is 0 Å². The van der Waals surface area contributed by atoms with Crippen LogP contribution in [-0.2, 0) is 10.5 Å². The number of ether oxygens (including phenoxy) is 1. The number of allylic oxidation sites excluding steroid dienone is 1. The SMILES string of the molecule is CCOC1(c2cccnc2)C=CC(N2CCN(C(=O)c3ccc(C)cc3Cl)C[C@H]2CC)=C(CN)N1. The first-order valence-corrected chi connectivity index (χ1v) is 12.6.